The van der Waals surface area contributed by atoms with Crippen LogP contribution in [0.15, 0.2) is 0 Å². The zero-order valence-corrected chi connectivity index (χ0v) is 12.0. The first kappa shape index (κ1) is 14.3. The van der Waals surface area contributed by atoms with Gasteiger partial charge in [0.25, 0.3) is 0 Å². The van der Waals surface area contributed by atoms with Crippen LogP contribution in [0.25, 0.3) is 0 Å². The van der Waals surface area contributed by atoms with Crippen molar-refractivity contribution in [2.75, 3.05) is 66.5 Å². The fraction of sp³-hybridized carbons (Fsp3) is 1.00. The van der Waals surface area contributed by atoms with Crippen molar-refractivity contribution in [2.45, 2.75) is 0 Å². The summed E-state index contributed by atoms with van der Waals surface area (Å²) in [6, 6.07) is 0. The molecule has 2 aliphatic heterocycles. The molecule has 2 saturated heterocycles. The average molecular weight is 277 g/mol. The summed E-state index contributed by atoms with van der Waals surface area (Å²) in [7, 11) is 2.05. The maximum atomic E-state index is 11.7. The van der Waals surface area contributed by atoms with E-state index in [2.05, 4.69) is 23.9 Å². The number of nitrogens with zero attached hydrogens (tertiary/aromatic N) is 4. The number of hydroxylamine groups is 4. The molecule has 0 aliphatic carbocycles. The molecule has 0 radical (unpaired) electrons. The van der Waals surface area contributed by atoms with E-state index in [-0.39, 0.29) is 0 Å². The van der Waals surface area contributed by atoms with Gasteiger partial charge in [-0.15, -0.1) is 10.1 Å². The van der Waals surface area contributed by atoms with Crippen LogP contribution in [0.1, 0.15) is 0 Å². The number of piperazine rings is 2. The molecule has 0 aromatic carbocycles. The predicted octanol–water partition coefficient (Wildman–Crippen LogP) is 0.00180. The first-order valence-electron chi connectivity index (χ1n) is 6.34. The van der Waals surface area contributed by atoms with Crippen LogP contribution in [0.2, 0.25) is 0 Å². The fourth-order valence-electron chi connectivity index (χ4n) is 1.94. The lowest BCUT2D eigenvalue weighted by Gasteiger charge is -2.28. The Bertz CT molecular complexity index is 252. The van der Waals surface area contributed by atoms with E-state index in [0.29, 0.717) is 0 Å². The topological polar surface area (TPSA) is 48.5 Å². The maximum Gasteiger partial charge on any atom is 0.735 e. The van der Waals surface area contributed by atoms with Crippen LogP contribution in [0.3, 0.4) is 0 Å². The number of hydrogen-bond acceptors (Lipinski definition) is 7. The Hall–Kier alpha value is -0.140. The molecular formula is C10H22N4O3P+. The highest BCUT2D eigenvalue weighted by molar-refractivity contribution is 7.33. The molecule has 0 saturated carbocycles. The summed E-state index contributed by atoms with van der Waals surface area (Å²) < 4.78 is 22.4. The van der Waals surface area contributed by atoms with Crippen LogP contribution >= 0.6 is 8.25 Å². The Morgan fingerprint density at radius 2 is 1.06 bits per heavy atom. The van der Waals surface area contributed by atoms with E-state index in [4.69, 9.17) is 9.25 Å². The Balaban J connectivity index is 1.66. The molecule has 0 spiro atoms. The lowest BCUT2D eigenvalue weighted by molar-refractivity contribution is -0.134. The predicted molar refractivity (Wildman–Crippen MR) is 67.9 cm³/mol. The van der Waals surface area contributed by atoms with Crippen molar-refractivity contribution >= 4 is 8.25 Å². The minimum atomic E-state index is -2.09. The molecule has 0 bridgehead atoms. The molecule has 0 atom stereocenters. The fourth-order valence-corrected chi connectivity index (χ4v) is 2.68. The molecular weight excluding hydrogens is 255 g/mol. The van der Waals surface area contributed by atoms with E-state index >= 15 is 0 Å². The van der Waals surface area contributed by atoms with Gasteiger partial charge in [-0.2, -0.15) is 0 Å². The molecule has 18 heavy (non-hydrogen) atoms. The Morgan fingerprint density at radius 1 is 0.722 bits per heavy atom. The average Bonchev–Trinajstić information content (AvgIpc) is 2.35. The molecule has 0 aromatic rings. The van der Waals surface area contributed by atoms with Gasteiger partial charge in [0.15, 0.2) is 0 Å². The highest BCUT2D eigenvalue weighted by Crippen LogP contribution is 2.28. The number of likely N-dealkylation sites (N-methyl/N-ethyl adjacent to an activating group) is 2. The highest BCUT2D eigenvalue weighted by atomic mass is 31.1. The van der Waals surface area contributed by atoms with Crippen LogP contribution in [0.4, 0.5) is 0 Å². The maximum absolute atomic E-state index is 11.7. The smallest absolute Gasteiger partial charge is 0.304 e. The molecule has 104 valence electrons. The van der Waals surface area contributed by atoms with E-state index in [0.717, 1.165) is 52.4 Å². The second kappa shape index (κ2) is 6.86. The van der Waals surface area contributed by atoms with E-state index in [9.17, 15) is 4.57 Å². The van der Waals surface area contributed by atoms with Gasteiger partial charge in [-0.3, -0.25) is 0 Å². The van der Waals surface area contributed by atoms with Gasteiger partial charge in [0.2, 0.25) is 0 Å². The van der Waals surface area contributed by atoms with Crippen molar-refractivity contribution < 1.29 is 13.8 Å². The van der Waals surface area contributed by atoms with Crippen LogP contribution in [0.5, 0.6) is 0 Å². The SMILES string of the molecule is CN1CCN(O[P+](=O)ON2CCN(C)CC2)CC1. The van der Waals surface area contributed by atoms with Gasteiger partial charge in [0.05, 0.1) is 0 Å². The third-order valence-corrected chi connectivity index (χ3v) is 4.02. The monoisotopic (exact) mass is 277 g/mol. The Kier molecular flexibility index (Phi) is 5.44. The molecule has 0 unspecified atom stereocenters. The zero-order chi connectivity index (χ0) is 13.0. The zero-order valence-electron chi connectivity index (χ0n) is 11.1. The molecule has 2 fully saturated rings. The normalized spacial score (nSPS) is 25.4. The van der Waals surface area contributed by atoms with E-state index < -0.39 is 8.25 Å². The third-order valence-electron chi connectivity index (χ3n) is 3.29. The van der Waals surface area contributed by atoms with Crippen molar-refractivity contribution in [1.82, 2.24) is 19.9 Å². The number of rotatable bonds is 4. The van der Waals surface area contributed by atoms with Crippen LogP contribution < -0.4 is 0 Å². The summed E-state index contributed by atoms with van der Waals surface area (Å²) in [5.74, 6) is 0. The molecule has 2 aliphatic rings. The quantitative estimate of drug-likeness (QED) is 0.670. The van der Waals surface area contributed by atoms with E-state index in [1.54, 1.807) is 10.1 Å². The highest BCUT2D eigenvalue weighted by Gasteiger charge is 2.32. The van der Waals surface area contributed by atoms with Crippen molar-refractivity contribution in [3.05, 3.63) is 0 Å². The van der Waals surface area contributed by atoms with Gasteiger partial charge < -0.3 is 9.80 Å². The largest absolute Gasteiger partial charge is 0.735 e. The first-order valence-corrected chi connectivity index (χ1v) is 7.43. The summed E-state index contributed by atoms with van der Waals surface area (Å²) in [4.78, 5) is 4.43. The van der Waals surface area contributed by atoms with Crippen LogP contribution in [-0.4, -0.2) is 86.4 Å². The summed E-state index contributed by atoms with van der Waals surface area (Å²) in [5.41, 5.74) is 0. The first-order chi connectivity index (χ1) is 8.63. The lowest BCUT2D eigenvalue weighted by Crippen LogP contribution is -2.44. The summed E-state index contributed by atoms with van der Waals surface area (Å²) in [6.45, 7) is 6.78. The van der Waals surface area contributed by atoms with Crippen LogP contribution in [0, 0.1) is 0 Å². The van der Waals surface area contributed by atoms with Crippen LogP contribution in [-0.2, 0) is 13.8 Å². The molecule has 0 aromatic heterocycles. The minimum Gasteiger partial charge on any atom is -0.304 e. The van der Waals surface area contributed by atoms with Crippen molar-refractivity contribution in [1.29, 1.82) is 0 Å². The minimum absolute atomic E-state index is 0.768. The lowest BCUT2D eigenvalue weighted by atomic mass is 10.4. The standard InChI is InChI=1S/C10H22N4O3P/c1-11-3-7-13(8-4-11)16-18(15)17-14-9-5-12(2)6-10-14/h3-10H2,1-2H3/q+1. The van der Waals surface area contributed by atoms with Gasteiger partial charge in [-0.25, -0.2) is 0 Å². The Morgan fingerprint density at radius 3 is 1.39 bits per heavy atom. The summed E-state index contributed by atoms with van der Waals surface area (Å²) >= 11 is 0. The molecule has 7 nitrogen and oxygen atoms in total. The van der Waals surface area contributed by atoms with Gasteiger partial charge in [0, 0.05) is 56.9 Å². The second-order valence-electron chi connectivity index (χ2n) is 4.85. The van der Waals surface area contributed by atoms with Crippen molar-refractivity contribution in [3.63, 3.8) is 0 Å². The molecule has 0 amide bonds. The van der Waals surface area contributed by atoms with Crippen molar-refractivity contribution in [3.8, 4) is 0 Å². The second-order valence-corrected chi connectivity index (χ2v) is 5.63. The molecule has 8 heteroatoms. The molecule has 2 rings (SSSR count). The number of hydrogen-bond donors (Lipinski definition) is 0. The molecule has 0 N–H and O–H groups in total. The van der Waals surface area contributed by atoms with Crippen molar-refractivity contribution in [2.24, 2.45) is 0 Å². The van der Waals surface area contributed by atoms with Gasteiger partial charge >= 0.3 is 8.25 Å². The van der Waals surface area contributed by atoms with Gasteiger partial charge in [-0.1, -0.05) is 0 Å². The Labute approximate surface area is 109 Å². The molecule has 2 heterocycles. The summed E-state index contributed by atoms with van der Waals surface area (Å²) in [5, 5.41) is 3.46. The summed E-state index contributed by atoms with van der Waals surface area (Å²) in [6.07, 6.45) is 0. The van der Waals surface area contributed by atoms with E-state index in [1.165, 1.54) is 0 Å². The van der Waals surface area contributed by atoms with Gasteiger partial charge in [0.1, 0.15) is 0 Å². The third kappa shape index (κ3) is 4.51. The van der Waals surface area contributed by atoms with Gasteiger partial charge in [-0.05, 0) is 23.3 Å². The van der Waals surface area contributed by atoms with E-state index in [1.807, 2.05) is 0 Å².